The number of aromatic nitrogens is 2. The van der Waals surface area contributed by atoms with E-state index in [4.69, 9.17) is 23.2 Å². The number of sulfonamides is 1. The van der Waals surface area contributed by atoms with E-state index in [1.165, 1.54) is 10.9 Å². The summed E-state index contributed by atoms with van der Waals surface area (Å²) in [6, 6.07) is 6.51. The third-order valence-electron chi connectivity index (χ3n) is 2.21. The van der Waals surface area contributed by atoms with Gasteiger partial charge in [-0.15, -0.1) is 0 Å². The van der Waals surface area contributed by atoms with Gasteiger partial charge in [-0.2, -0.15) is 8.42 Å². The first kappa shape index (κ1) is 13.2. The molecule has 0 amide bonds. The maximum absolute atomic E-state index is 12.1. The molecule has 0 atom stereocenters. The smallest absolute Gasteiger partial charge is 0.282 e. The lowest BCUT2D eigenvalue weighted by Gasteiger charge is -2.07. The third-order valence-corrected chi connectivity index (χ3v) is 4.39. The molecular formula is C10H9Cl2N3O2S. The van der Waals surface area contributed by atoms with E-state index in [1.54, 1.807) is 31.3 Å². The molecule has 96 valence electrons. The average molecular weight is 306 g/mol. The number of benzene rings is 1. The highest BCUT2D eigenvalue weighted by Crippen LogP contribution is 2.26. The lowest BCUT2D eigenvalue weighted by Crippen LogP contribution is -2.14. The molecular weight excluding hydrogens is 297 g/mol. The van der Waals surface area contributed by atoms with Crippen molar-refractivity contribution >= 4 is 38.9 Å². The summed E-state index contributed by atoms with van der Waals surface area (Å²) in [5.41, 5.74) is 0.279. The van der Waals surface area contributed by atoms with Gasteiger partial charge in [0.15, 0.2) is 0 Å². The number of hydrogen-bond acceptors (Lipinski definition) is 3. The van der Waals surface area contributed by atoms with Gasteiger partial charge < -0.3 is 4.57 Å². The van der Waals surface area contributed by atoms with Gasteiger partial charge in [-0.05, 0) is 12.1 Å². The zero-order valence-corrected chi connectivity index (χ0v) is 11.6. The van der Waals surface area contributed by atoms with Crippen LogP contribution in [0.25, 0.3) is 0 Å². The second-order valence-electron chi connectivity index (χ2n) is 3.54. The van der Waals surface area contributed by atoms with Crippen LogP contribution >= 0.6 is 23.2 Å². The number of halogens is 2. The largest absolute Gasteiger partial charge is 0.324 e. The Labute approximate surface area is 114 Å². The first-order valence-corrected chi connectivity index (χ1v) is 7.10. The Morgan fingerprint density at radius 2 is 1.94 bits per heavy atom. The molecule has 5 nitrogen and oxygen atoms in total. The van der Waals surface area contributed by atoms with Crippen molar-refractivity contribution in [1.29, 1.82) is 0 Å². The fourth-order valence-corrected chi connectivity index (χ4v) is 3.06. The monoisotopic (exact) mass is 305 g/mol. The molecule has 0 unspecified atom stereocenters. The Bertz CT molecular complexity index is 682. The summed E-state index contributed by atoms with van der Waals surface area (Å²) in [7, 11) is -2.24. The summed E-state index contributed by atoms with van der Waals surface area (Å²) >= 11 is 11.7. The van der Waals surface area contributed by atoms with E-state index in [1.807, 2.05) is 0 Å². The minimum absolute atomic E-state index is 0.0366. The number of imidazole rings is 1. The molecule has 0 aliphatic rings. The maximum atomic E-state index is 12.1. The van der Waals surface area contributed by atoms with Gasteiger partial charge in [0.2, 0.25) is 5.03 Å². The quantitative estimate of drug-likeness (QED) is 0.947. The van der Waals surface area contributed by atoms with E-state index in [9.17, 15) is 8.42 Å². The predicted molar refractivity (Wildman–Crippen MR) is 70.5 cm³/mol. The van der Waals surface area contributed by atoms with Crippen LogP contribution in [0.2, 0.25) is 10.2 Å². The van der Waals surface area contributed by atoms with E-state index >= 15 is 0 Å². The number of para-hydroxylation sites is 1. The van der Waals surface area contributed by atoms with Crippen LogP contribution in [0.15, 0.2) is 35.6 Å². The van der Waals surface area contributed by atoms with Crippen LogP contribution in [0.1, 0.15) is 0 Å². The van der Waals surface area contributed by atoms with Gasteiger partial charge in [0.1, 0.15) is 5.15 Å². The highest BCUT2D eigenvalue weighted by molar-refractivity contribution is 7.92. The standard InChI is InChI=1S/C10H9Cl2N3O2S/c1-15-6-13-10(9(15)12)18(16,17)14-8-5-3-2-4-7(8)11/h2-6,14H,1H3. The van der Waals surface area contributed by atoms with Gasteiger partial charge in [-0.3, -0.25) is 4.72 Å². The average Bonchev–Trinajstić information content (AvgIpc) is 2.63. The number of anilines is 1. The van der Waals surface area contributed by atoms with Crippen LogP contribution < -0.4 is 4.72 Å². The normalized spacial score (nSPS) is 11.5. The lowest BCUT2D eigenvalue weighted by atomic mass is 10.3. The predicted octanol–water partition coefficient (Wildman–Crippen LogP) is 2.53. The van der Waals surface area contributed by atoms with Crippen molar-refractivity contribution in [2.24, 2.45) is 7.05 Å². The van der Waals surface area contributed by atoms with Crippen molar-refractivity contribution < 1.29 is 8.42 Å². The number of rotatable bonds is 3. The first-order chi connectivity index (χ1) is 8.42. The van der Waals surface area contributed by atoms with Crippen molar-refractivity contribution in [3.63, 3.8) is 0 Å². The Kier molecular flexibility index (Phi) is 3.52. The second kappa shape index (κ2) is 4.79. The zero-order valence-electron chi connectivity index (χ0n) is 9.26. The van der Waals surface area contributed by atoms with Gasteiger partial charge >= 0.3 is 0 Å². The summed E-state index contributed by atoms with van der Waals surface area (Å²) in [6.45, 7) is 0. The molecule has 0 aliphatic heterocycles. The molecule has 1 aromatic heterocycles. The van der Waals surface area contributed by atoms with E-state index in [2.05, 4.69) is 9.71 Å². The second-order valence-corrected chi connectivity index (χ2v) is 5.90. The maximum Gasteiger partial charge on any atom is 0.282 e. The summed E-state index contributed by atoms with van der Waals surface area (Å²) in [4.78, 5) is 3.75. The number of hydrogen-bond donors (Lipinski definition) is 1. The molecule has 0 saturated heterocycles. The number of nitrogens with one attached hydrogen (secondary N) is 1. The molecule has 2 aromatic rings. The molecule has 0 radical (unpaired) electrons. The van der Waals surface area contributed by atoms with Gasteiger partial charge in [-0.25, -0.2) is 4.98 Å². The molecule has 1 N–H and O–H groups in total. The van der Waals surface area contributed by atoms with Crippen molar-refractivity contribution in [1.82, 2.24) is 9.55 Å². The Morgan fingerprint density at radius 1 is 1.28 bits per heavy atom. The zero-order chi connectivity index (χ0) is 13.3. The Hall–Kier alpha value is -1.24. The molecule has 1 heterocycles. The first-order valence-electron chi connectivity index (χ1n) is 4.86. The minimum Gasteiger partial charge on any atom is -0.324 e. The van der Waals surface area contributed by atoms with Crippen LogP contribution in [0.5, 0.6) is 0 Å². The summed E-state index contributed by atoms with van der Waals surface area (Å²) in [6.07, 6.45) is 1.32. The van der Waals surface area contributed by atoms with Crippen LogP contribution in [0.4, 0.5) is 5.69 Å². The highest BCUT2D eigenvalue weighted by atomic mass is 35.5. The summed E-state index contributed by atoms with van der Waals surface area (Å²) in [5.74, 6) is 0. The number of nitrogens with zero attached hydrogens (tertiary/aromatic N) is 2. The van der Waals surface area contributed by atoms with E-state index in [0.29, 0.717) is 5.02 Å². The van der Waals surface area contributed by atoms with Crippen LogP contribution in [-0.4, -0.2) is 18.0 Å². The van der Waals surface area contributed by atoms with Crippen molar-refractivity contribution in [3.8, 4) is 0 Å². The molecule has 0 aliphatic carbocycles. The number of aryl methyl sites for hydroxylation is 1. The SMILES string of the molecule is Cn1cnc(S(=O)(=O)Nc2ccccc2Cl)c1Cl. The van der Waals surface area contributed by atoms with Gasteiger partial charge in [0.05, 0.1) is 17.0 Å². The molecule has 0 fully saturated rings. The topological polar surface area (TPSA) is 64.0 Å². The van der Waals surface area contributed by atoms with Gasteiger partial charge in [0.25, 0.3) is 10.0 Å². The van der Waals surface area contributed by atoms with Crippen LogP contribution in [0.3, 0.4) is 0 Å². The molecule has 8 heteroatoms. The summed E-state index contributed by atoms with van der Waals surface area (Å²) in [5, 5.41) is 0.106. The molecule has 0 spiro atoms. The van der Waals surface area contributed by atoms with E-state index in [-0.39, 0.29) is 15.9 Å². The molecule has 0 saturated carbocycles. The van der Waals surface area contributed by atoms with Gasteiger partial charge in [0, 0.05) is 7.05 Å². The van der Waals surface area contributed by atoms with Crippen molar-refractivity contribution in [2.75, 3.05) is 4.72 Å². The van der Waals surface area contributed by atoms with E-state index < -0.39 is 10.0 Å². The molecule has 0 bridgehead atoms. The Morgan fingerprint density at radius 3 is 2.50 bits per heavy atom. The Balaban J connectivity index is 2.40. The fourth-order valence-electron chi connectivity index (χ4n) is 1.31. The van der Waals surface area contributed by atoms with Gasteiger partial charge in [-0.1, -0.05) is 35.3 Å². The summed E-state index contributed by atoms with van der Waals surface area (Å²) < 4.78 is 27.9. The highest BCUT2D eigenvalue weighted by Gasteiger charge is 2.23. The molecule has 18 heavy (non-hydrogen) atoms. The molecule has 2 rings (SSSR count). The van der Waals surface area contributed by atoms with Crippen molar-refractivity contribution in [2.45, 2.75) is 5.03 Å². The van der Waals surface area contributed by atoms with E-state index in [0.717, 1.165) is 0 Å². The van der Waals surface area contributed by atoms with Crippen LogP contribution in [0, 0.1) is 0 Å². The third kappa shape index (κ3) is 2.45. The van der Waals surface area contributed by atoms with Crippen molar-refractivity contribution in [3.05, 3.63) is 40.8 Å². The fraction of sp³-hybridized carbons (Fsp3) is 0.100. The lowest BCUT2D eigenvalue weighted by molar-refractivity contribution is 0.598. The molecule has 1 aromatic carbocycles. The van der Waals surface area contributed by atoms with Crippen LogP contribution in [-0.2, 0) is 17.1 Å². The minimum atomic E-state index is -3.84.